The highest BCUT2D eigenvalue weighted by Crippen LogP contribution is 2.53. The fourth-order valence-corrected chi connectivity index (χ4v) is 30.0. The van der Waals surface area contributed by atoms with Crippen molar-refractivity contribution in [2.24, 2.45) is 0 Å². The summed E-state index contributed by atoms with van der Waals surface area (Å²) in [7, 11) is -35.7. The van der Waals surface area contributed by atoms with E-state index in [1.807, 2.05) is 0 Å². The highest BCUT2D eigenvalue weighted by molar-refractivity contribution is 8.11. The van der Waals surface area contributed by atoms with Crippen molar-refractivity contribution in [1.29, 1.82) is 0 Å². The van der Waals surface area contributed by atoms with E-state index in [9.17, 15) is 0 Å². The molecule has 7 aromatic carbocycles. The Morgan fingerprint density at radius 1 is 0.290 bits per heavy atom. The molecule has 2 unspecified atom stereocenters. The zero-order valence-corrected chi connectivity index (χ0v) is 61.7. The molecule has 30 heteroatoms. The average Bonchev–Trinajstić information content (AvgIpc) is 0.677. The molecule has 542 valence electrons. The lowest BCUT2D eigenvalue weighted by atomic mass is 10.1. The number of halogens is 4. The van der Waals surface area contributed by atoms with Crippen LogP contribution >= 0.6 is 0 Å². The molecule has 9 rings (SSSR count). The lowest BCUT2D eigenvalue weighted by molar-refractivity contribution is -0.842. The highest BCUT2D eigenvalue weighted by atomic mass is 32.3. The fourth-order valence-electron chi connectivity index (χ4n) is 13.2. The maximum Gasteiger partial charge on any atom is 0.335 e. The SMILES string of the molecule is Cc1ccc(S(=O)(=O)C2(S(=O)(=O)c3ccc(C)cc3)CNCCCNCCNCCC[N+]2(Cc2c(F)c(F)c(C[N+]3(S(=O)(=O)c4ccc(C)cc4)CCCNCCNCCCNCC3(S(=O)(=O)c3ccc(C)cc3)S(=O)(=O)c3ccc(C)cc3)c(F)c2F)S(=O)(=O)c2ccc(C)cc2)cc1. The van der Waals surface area contributed by atoms with E-state index in [1.54, 1.807) is 41.5 Å². The topological polar surface area (TPSA) is 277 Å². The second kappa shape index (κ2) is 31.3. The van der Waals surface area contributed by atoms with E-state index in [-0.39, 0.29) is 65.2 Å². The highest BCUT2D eigenvalue weighted by Gasteiger charge is 2.77. The van der Waals surface area contributed by atoms with Crippen LogP contribution in [0.2, 0.25) is 0 Å². The predicted octanol–water partition coefficient (Wildman–Crippen LogP) is 7.83. The van der Waals surface area contributed by atoms with Gasteiger partial charge in [-0.2, -0.15) is 24.6 Å². The number of hydrogen-bond donors (Lipinski definition) is 6. The van der Waals surface area contributed by atoms with Gasteiger partial charge < -0.3 is 31.9 Å². The van der Waals surface area contributed by atoms with Crippen LogP contribution < -0.4 is 31.9 Å². The number of aryl methyl sites for hydroxylation is 6. The molecule has 20 nitrogen and oxygen atoms in total. The molecule has 2 aliphatic rings. The van der Waals surface area contributed by atoms with Gasteiger partial charge in [0.25, 0.3) is 39.3 Å². The van der Waals surface area contributed by atoms with E-state index in [4.69, 9.17) is 0 Å². The van der Waals surface area contributed by atoms with Gasteiger partial charge >= 0.3 is 28.5 Å². The summed E-state index contributed by atoms with van der Waals surface area (Å²) in [6.07, 6.45) is -0.703. The van der Waals surface area contributed by atoms with Gasteiger partial charge in [-0.1, -0.05) is 106 Å². The van der Waals surface area contributed by atoms with E-state index < -0.39 is 191 Å². The van der Waals surface area contributed by atoms with Crippen LogP contribution in [0.3, 0.4) is 0 Å². The molecule has 0 spiro atoms. The molecule has 0 aliphatic carbocycles. The second-order valence-electron chi connectivity index (χ2n) is 25.8. The Hall–Kier alpha value is -6.36. The minimum atomic E-state index is -5.95. The van der Waals surface area contributed by atoms with Crippen LogP contribution in [0.1, 0.15) is 70.2 Å². The first-order valence-electron chi connectivity index (χ1n) is 33.0. The first-order chi connectivity index (χ1) is 47.2. The standard InChI is InChI=1S/C70H88F4N8O12S6/c1-51-11-23-57(24-12-51)95(83,84)69(96(85,86)58-25-13-52(2)14-26-58)49-79-37-7-35-75-41-43-77-39-9-45-81(69,99(91,92)61-31-19-55(5)20-32-61)47-63-65(71)67(73)64(68(74)66(63)72)48-82(100(93,94)62-33-21-56(6)22-34-62)46-10-40-78-44-42-76-36-8-38-80-50-70(82,97(87,88)59-27-15-53(3)16-28-59)98(89,90)60-29-17-54(4)18-30-60/h11-34,75-80H,7-10,35-50H2,1-6H3/q+2. The van der Waals surface area contributed by atoms with Gasteiger partial charge in [-0.15, -0.1) is 0 Å². The zero-order chi connectivity index (χ0) is 72.7. The molecule has 2 fully saturated rings. The molecule has 6 N–H and O–H groups in total. The monoisotopic (exact) mass is 1500 g/mol. The summed E-state index contributed by atoms with van der Waals surface area (Å²) in [5, 5.41) is 18.5. The number of hydrogen-bond acceptors (Lipinski definition) is 18. The predicted molar refractivity (Wildman–Crippen MR) is 375 cm³/mol. The molecular weight excluding hydrogens is 1410 g/mol. The second-order valence-corrected chi connectivity index (χ2v) is 39.2. The Kier molecular flexibility index (Phi) is 24.4. The largest absolute Gasteiger partial charge is 0.335 e. The van der Waals surface area contributed by atoms with Gasteiger partial charge in [-0.25, -0.2) is 51.2 Å². The summed E-state index contributed by atoms with van der Waals surface area (Å²) in [5.41, 5.74) is -0.975. The van der Waals surface area contributed by atoms with Crippen LogP contribution in [-0.4, -0.2) is 158 Å². The normalized spacial score (nSPS) is 20.3. The third kappa shape index (κ3) is 14.3. The van der Waals surface area contributed by atoms with Crippen molar-refractivity contribution in [1.82, 2.24) is 31.9 Å². The molecule has 2 saturated heterocycles. The van der Waals surface area contributed by atoms with E-state index >= 15 is 68.1 Å². The van der Waals surface area contributed by atoms with Gasteiger partial charge in [0.1, 0.15) is 22.9 Å². The van der Waals surface area contributed by atoms with Crippen molar-refractivity contribution in [3.8, 4) is 0 Å². The third-order valence-corrected chi connectivity index (χ3v) is 35.7. The van der Waals surface area contributed by atoms with E-state index in [1.165, 1.54) is 72.8 Å². The Bertz CT molecular complexity index is 4300. The summed E-state index contributed by atoms with van der Waals surface area (Å²) < 4.78 is 266. The number of nitrogens with zero attached hydrogens (tertiary/aromatic N) is 2. The molecule has 7 aromatic rings. The van der Waals surface area contributed by atoms with Crippen molar-refractivity contribution in [3.05, 3.63) is 213 Å². The number of rotatable bonds is 16. The van der Waals surface area contributed by atoms with Crippen molar-refractivity contribution in [2.75, 3.05) is 91.6 Å². The van der Waals surface area contributed by atoms with Crippen LogP contribution in [0.15, 0.2) is 175 Å². The Morgan fingerprint density at radius 2 is 0.490 bits per heavy atom. The smallest absolute Gasteiger partial charge is 0.315 e. The van der Waals surface area contributed by atoms with Crippen LogP contribution in [0.5, 0.6) is 0 Å². The molecule has 2 heterocycles. The van der Waals surface area contributed by atoms with Crippen molar-refractivity contribution < 1.29 is 75.8 Å². The van der Waals surface area contributed by atoms with Gasteiger partial charge in [0.2, 0.25) is 0 Å². The summed E-state index contributed by atoms with van der Waals surface area (Å²) in [5.74, 6) is -9.98. The quantitative estimate of drug-likeness (QED) is 0.0305. The molecule has 0 amide bonds. The van der Waals surface area contributed by atoms with Gasteiger partial charge in [-0.3, -0.25) is 0 Å². The molecule has 0 radical (unpaired) electrons. The molecule has 0 saturated carbocycles. The first-order valence-corrected chi connectivity index (χ1v) is 41.8. The summed E-state index contributed by atoms with van der Waals surface area (Å²) >= 11 is 0. The van der Waals surface area contributed by atoms with E-state index in [2.05, 4.69) is 31.9 Å². The molecule has 2 atom stereocenters. The molecule has 0 bridgehead atoms. The van der Waals surface area contributed by atoms with Crippen molar-refractivity contribution >= 4 is 59.4 Å². The summed E-state index contributed by atoms with van der Waals surface area (Å²) in [6, 6.07) is 28.3. The van der Waals surface area contributed by atoms with Gasteiger partial charge in [0, 0.05) is 52.1 Å². The van der Waals surface area contributed by atoms with Crippen LogP contribution in [0, 0.1) is 64.8 Å². The summed E-state index contributed by atoms with van der Waals surface area (Å²) in [6.45, 7) is 1.19. The average molecular weight is 1500 g/mol. The lowest BCUT2D eigenvalue weighted by Gasteiger charge is -2.50. The molecule has 2 aliphatic heterocycles. The van der Waals surface area contributed by atoms with Crippen LogP contribution in [0.25, 0.3) is 0 Å². The summed E-state index contributed by atoms with van der Waals surface area (Å²) in [4.78, 5) is -4.69. The third-order valence-electron chi connectivity index (χ3n) is 18.9. The molecular formula is C70H88F4N8O12S6+2. The maximum absolute atomic E-state index is 19.1. The minimum Gasteiger partial charge on any atom is -0.315 e. The van der Waals surface area contributed by atoms with Gasteiger partial charge in [-0.05, 0) is 153 Å². The minimum absolute atomic E-state index is 0.167. The number of nitrogens with one attached hydrogen (secondary N) is 6. The van der Waals surface area contributed by atoms with E-state index in [0.29, 0.717) is 46.5 Å². The van der Waals surface area contributed by atoms with Gasteiger partial charge in [0.15, 0.2) is 23.3 Å². The number of sulfone groups is 4. The maximum atomic E-state index is 19.1. The zero-order valence-electron chi connectivity index (χ0n) is 56.8. The van der Waals surface area contributed by atoms with Gasteiger partial charge in [0.05, 0.1) is 56.9 Å². The number of quaternary nitrogens is 2. The molecule has 0 aromatic heterocycles. The Balaban J connectivity index is 1.47. The van der Waals surface area contributed by atoms with Crippen molar-refractivity contribution in [2.45, 2.75) is 118 Å². The Morgan fingerprint density at radius 3 is 0.720 bits per heavy atom. The van der Waals surface area contributed by atoms with Crippen LogP contribution in [0.4, 0.5) is 17.6 Å². The Labute approximate surface area is 586 Å². The molecule has 100 heavy (non-hydrogen) atoms. The van der Waals surface area contributed by atoms with E-state index in [0.717, 1.165) is 72.8 Å². The van der Waals surface area contributed by atoms with Crippen LogP contribution in [-0.2, 0) is 72.5 Å². The fraction of sp³-hybridized carbons (Fsp3) is 0.400. The number of sulfonamides is 2. The first kappa shape index (κ1) is 77.8. The lowest BCUT2D eigenvalue weighted by Crippen LogP contribution is -2.76. The number of benzene rings is 7. The van der Waals surface area contributed by atoms with Crippen molar-refractivity contribution in [3.63, 3.8) is 0 Å².